The number of benzene rings is 1. The van der Waals surface area contributed by atoms with Crippen molar-refractivity contribution in [1.82, 2.24) is 9.78 Å². The third-order valence-electron chi connectivity index (χ3n) is 6.48. The number of carboxylic acids is 1. The van der Waals surface area contributed by atoms with Gasteiger partial charge >= 0.3 is 12.1 Å². The Morgan fingerprint density at radius 1 is 1.17 bits per heavy atom. The fourth-order valence-corrected chi connectivity index (χ4v) is 5.14. The molecule has 1 heterocycles. The Bertz CT molecular complexity index is 947. The molecule has 0 aliphatic heterocycles. The number of carboxylic acid groups (broad SMARTS) is 1. The van der Waals surface area contributed by atoms with E-state index < -0.39 is 17.7 Å². The predicted molar refractivity (Wildman–Crippen MR) is 107 cm³/mol. The standard InChI is InChI=1S/C22H24ClF3N2O2/c23-18-6-3-5-17(22(24,25)26)16(18)12-28-19-7-2-1-4-15(19)20(27-28)13-8-10-14(11-9-13)21(29)30/h3,5-6,13-14H,1-2,4,7-12H2,(H,29,30). The first-order valence-corrected chi connectivity index (χ1v) is 10.8. The van der Waals surface area contributed by atoms with Gasteiger partial charge in [-0.15, -0.1) is 0 Å². The predicted octanol–water partition coefficient (Wildman–Crippen LogP) is 5.84. The number of carbonyl (C=O) groups is 1. The molecule has 0 spiro atoms. The number of nitrogens with zero attached hydrogens (tertiary/aromatic N) is 2. The van der Waals surface area contributed by atoms with Crippen LogP contribution in [0.2, 0.25) is 5.02 Å². The SMILES string of the molecule is O=C(O)C1CCC(c2nn(Cc3c(Cl)cccc3C(F)(F)F)c3c2CCCC3)CC1. The fourth-order valence-electron chi connectivity index (χ4n) is 4.91. The summed E-state index contributed by atoms with van der Waals surface area (Å²) in [5, 5.41) is 14.1. The van der Waals surface area contributed by atoms with Crippen molar-refractivity contribution in [2.75, 3.05) is 0 Å². The van der Waals surface area contributed by atoms with E-state index in [0.29, 0.717) is 12.8 Å². The summed E-state index contributed by atoms with van der Waals surface area (Å²) in [5.74, 6) is -0.891. The Morgan fingerprint density at radius 2 is 1.87 bits per heavy atom. The Hall–Kier alpha value is -2.02. The van der Waals surface area contributed by atoms with Gasteiger partial charge in [0, 0.05) is 22.2 Å². The van der Waals surface area contributed by atoms with Gasteiger partial charge < -0.3 is 5.11 Å². The van der Waals surface area contributed by atoms with Crippen molar-refractivity contribution in [2.45, 2.75) is 70.0 Å². The molecule has 1 N–H and O–H groups in total. The molecule has 0 radical (unpaired) electrons. The summed E-state index contributed by atoms with van der Waals surface area (Å²) in [4.78, 5) is 11.3. The van der Waals surface area contributed by atoms with Crippen molar-refractivity contribution in [2.24, 2.45) is 5.92 Å². The highest BCUT2D eigenvalue weighted by molar-refractivity contribution is 6.31. The van der Waals surface area contributed by atoms with Gasteiger partial charge in [0.15, 0.2) is 0 Å². The summed E-state index contributed by atoms with van der Waals surface area (Å²) in [6, 6.07) is 3.86. The number of hydrogen-bond donors (Lipinski definition) is 1. The van der Waals surface area contributed by atoms with E-state index >= 15 is 0 Å². The lowest BCUT2D eigenvalue weighted by Crippen LogP contribution is -2.21. The zero-order valence-corrected chi connectivity index (χ0v) is 17.3. The second-order valence-electron chi connectivity index (χ2n) is 8.33. The van der Waals surface area contributed by atoms with Crippen molar-refractivity contribution in [3.63, 3.8) is 0 Å². The van der Waals surface area contributed by atoms with Gasteiger partial charge in [0.05, 0.1) is 23.7 Å². The van der Waals surface area contributed by atoms with E-state index in [1.165, 1.54) is 12.1 Å². The highest BCUT2D eigenvalue weighted by Crippen LogP contribution is 2.40. The molecule has 0 saturated heterocycles. The summed E-state index contributed by atoms with van der Waals surface area (Å²) in [6.07, 6.45) is 1.94. The van der Waals surface area contributed by atoms with Gasteiger partial charge in [0.25, 0.3) is 0 Å². The molecule has 2 aliphatic rings. The maximum absolute atomic E-state index is 13.5. The van der Waals surface area contributed by atoms with Crippen molar-refractivity contribution in [1.29, 1.82) is 0 Å². The molecule has 4 rings (SSSR count). The molecular weight excluding hydrogens is 417 g/mol. The lowest BCUT2D eigenvalue weighted by molar-refractivity contribution is -0.143. The zero-order chi connectivity index (χ0) is 21.5. The Labute approximate surface area is 178 Å². The first kappa shape index (κ1) is 21.2. The van der Waals surface area contributed by atoms with Crippen LogP contribution in [0.3, 0.4) is 0 Å². The van der Waals surface area contributed by atoms with Gasteiger partial charge in [0.2, 0.25) is 0 Å². The molecule has 1 fully saturated rings. The van der Waals surface area contributed by atoms with E-state index in [1.54, 1.807) is 4.68 Å². The number of fused-ring (bicyclic) bond motifs is 1. The zero-order valence-electron chi connectivity index (χ0n) is 16.5. The minimum Gasteiger partial charge on any atom is -0.481 e. The van der Waals surface area contributed by atoms with E-state index in [1.807, 2.05) is 0 Å². The minimum atomic E-state index is -4.48. The molecule has 2 aromatic rings. The molecule has 162 valence electrons. The first-order valence-electron chi connectivity index (χ1n) is 10.4. The number of aliphatic carboxylic acids is 1. The minimum absolute atomic E-state index is 0.0126. The van der Waals surface area contributed by atoms with Gasteiger partial charge in [-0.05, 0) is 69.1 Å². The molecule has 2 aliphatic carbocycles. The molecule has 0 amide bonds. The van der Waals surface area contributed by atoms with Gasteiger partial charge in [-0.1, -0.05) is 17.7 Å². The number of aromatic nitrogens is 2. The summed E-state index contributed by atoms with van der Waals surface area (Å²) in [6.45, 7) is -0.0126. The van der Waals surface area contributed by atoms with Crippen LogP contribution >= 0.6 is 11.6 Å². The van der Waals surface area contributed by atoms with Crippen LogP contribution in [0.5, 0.6) is 0 Å². The highest BCUT2D eigenvalue weighted by Gasteiger charge is 2.35. The molecule has 8 heteroatoms. The average Bonchev–Trinajstić information content (AvgIpc) is 3.07. The monoisotopic (exact) mass is 440 g/mol. The van der Waals surface area contributed by atoms with Crippen LogP contribution in [0.4, 0.5) is 13.2 Å². The number of halogens is 4. The molecule has 1 aromatic heterocycles. The maximum atomic E-state index is 13.5. The third kappa shape index (κ3) is 4.09. The molecule has 0 bridgehead atoms. The van der Waals surface area contributed by atoms with Gasteiger partial charge in [-0.25, -0.2) is 0 Å². The highest BCUT2D eigenvalue weighted by atomic mass is 35.5. The van der Waals surface area contributed by atoms with Crippen molar-refractivity contribution in [3.8, 4) is 0 Å². The van der Waals surface area contributed by atoms with Gasteiger partial charge in [-0.3, -0.25) is 9.48 Å². The average molecular weight is 441 g/mol. The van der Waals surface area contributed by atoms with Crippen LogP contribution in [0.1, 0.15) is 72.5 Å². The second kappa shape index (κ2) is 8.25. The second-order valence-corrected chi connectivity index (χ2v) is 8.73. The van der Waals surface area contributed by atoms with Gasteiger partial charge in [-0.2, -0.15) is 18.3 Å². The van der Waals surface area contributed by atoms with E-state index in [4.69, 9.17) is 16.7 Å². The van der Waals surface area contributed by atoms with Crippen molar-refractivity contribution >= 4 is 17.6 Å². The van der Waals surface area contributed by atoms with E-state index in [0.717, 1.165) is 61.5 Å². The third-order valence-corrected chi connectivity index (χ3v) is 6.84. The molecular formula is C22H24ClF3N2O2. The van der Waals surface area contributed by atoms with Crippen LogP contribution in [0, 0.1) is 5.92 Å². The Kier molecular flexibility index (Phi) is 5.84. The first-order chi connectivity index (χ1) is 14.3. The smallest absolute Gasteiger partial charge is 0.416 e. The van der Waals surface area contributed by atoms with E-state index in [-0.39, 0.29) is 29.0 Å². The lowest BCUT2D eigenvalue weighted by atomic mass is 9.78. The van der Waals surface area contributed by atoms with Gasteiger partial charge in [0.1, 0.15) is 0 Å². The summed E-state index contributed by atoms with van der Waals surface area (Å²) in [5.41, 5.74) is 2.43. The summed E-state index contributed by atoms with van der Waals surface area (Å²) in [7, 11) is 0. The molecule has 1 saturated carbocycles. The Morgan fingerprint density at radius 3 is 2.53 bits per heavy atom. The number of alkyl halides is 3. The number of hydrogen-bond acceptors (Lipinski definition) is 2. The quantitative estimate of drug-likeness (QED) is 0.649. The molecule has 4 nitrogen and oxygen atoms in total. The topological polar surface area (TPSA) is 55.1 Å². The fraction of sp³-hybridized carbons (Fsp3) is 0.545. The van der Waals surface area contributed by atoms with E-state index in [2.05, 4.69) is 0 Å². The Balaban J connectivity index is 1.67. The number of rotatable bonds is 4. The van der Waals surface area contributed by atoms with Crippen LogP contribution in [-0.2, 0) is 30.4 Å². The summed E-state index contributed by atoms with van der Waals surface area (Å²) < 4.78 is 42.3. The molecule has 0 unspecified atom stereocenters. The molecule has 1 aromatic carbocycles. The molecule has 30 heavy (non-hydrogen) atoms. The van der Waals surface area contributed by atoms with Crippen LogP contribution < -0.4 is 0 Å². The normalized spacial score (nSPS) is 22.0. The van der Waals surface area contributed by atoms with E-state index in [9.17, 15) is 23.1 Å². The lowest BCUT2D eigenvalue weighted by Gasteiger charge is -2.26. The molecule has 0 atom stereocenters. The van der Waals surface area contributed by atoms with Crippen molar-refractivity contribution < 1.29 is 23.1 Å². The van der Waals surface area contributed by atoms with Crippen molar-refractivity contribution in [3.05, 3.63) is 51.3 Å². The van der Waals surface area contributed by atoms with Crippen LogP contribution in [0.25, 0.3) is 0 Å². The largest absolute Gasteiger partial charge is 0.481 e. The summed E-state index contributed by atoms with van der Waals surface area (Å²) >= 11 is 6.17. The maximum Gasteiger partial charge on any atom is 0.416 e. The van der Waals surface area contributed by atoms with Crippen LogP contribution in [-0.4, -0.2) is 20.9 Å². The van der Waals surface area contributed by atoms with Crippen LogP contribution in [0.15, 0.2) is 18.2 Å².